The summed E-state index contributed by atoms with van der Waals surface area (Å²) in [7, 11) is -6.92. The molecule has 0 saturated carbocycles. The zero-order valence-electron chi connectivity index (χ0n) is 14.4. The van der Waals surface area contributed by atoms with Crippen molar-refractivity contribution in [1.82, 2.24) is 0 Å². The van der Waals surface area contributed by atoms with Crippen molar-refractivity contribution in [3.05, 3.63) is 42.5 Å². The van der Waals surface area contributed by atoms with Crippen LogP contribution >= 0.6 is 0 Å². The topological polar surface area (TPSA) is 111 Å². The Bertz CT molecular complexity index is 1070. The summed E-state index contributed by atoms with van der Waals surface area (Å²) in [6, 6.07) is 7.84. The van der Waals surface area contributed by atoms with Gasteiger partial charge in [0.25, 0.3) is 10.0 Å². The van der Waals surface area contributed by atoms with Crippen molar-refractivity contribution in [2.24, 2.45) is 0 Å². The van der Waals surface area contributed by atoms with Gasteiger partial charge in [-0.15, -0.1) is 13.2 Å². The third-order valence-corrected chi connectivity index (χ3v) is 5.12. The highest BCUT2D eigenvalue weighted by atomic mass is 32.2. The van der Waals surface area contributed by atoms with E-state index in [2.05, 4.69) is 14.2 Å². The van der Waals surface area contributed by atoms with Gasteiger partial charge in [0.05, 0.1) is 24.7 Å². The van der Waals surface area contributed by atoms with E-state index in [0.717, 1.165) is 24.5 Å². The fraction of sp³-hybridized carbons (Fsp3) is 0.200. The van der Waals surface area contributed by atoms with E-state index in [0.29, 0.717) is 0 Å². The Hall–Kier alpha value is -2.67. The maximum Gasteiger partial charge on any atom is 0.573 e. The molecule has 0 bridgehead atoms. The summed E-state index contributed by atoms with van der Waals surface area (Å²) in [5, 5.41) is 0. The number of hydrogen-bond acceptors (Lipinski definition) is 6. The fourth-order valence-corrected chi connectivity index (χ4v) is 3.88. The molecule has 2 aromatic rings. The van der Waals surface area contributed by atoms with E-state index >= 15 is 0 Å². The molecule has 8 nitrogen and oxygen atoms in total. The van der Waals surface area contributed by atoms with Crippen molar-refractivity contribution in [3.63, 3.8) is 0 Å². The first-order chi connectivity index (χ1) is 12.8. The normalized spacial score (nSPS) is 12.3. The van der Waals surface area contributed by atoms with Gasteiger partial charge in [0.2, 0.25) is 10.0 Å². The molecule has 2 N–H and O–H groups in total. The van der Waals surface area contributed by atoms with E-state index in [1.807, 2.05) is 0 Å². The van der Waals surface area contributed by atoms with Crippen LogP contribution in [-0.4, -0.2) is 36.6 Å². The molecule has 28 heavy (non-hydrogen) atoms. The predicted octanol–water partition coefficient (Wildman–Crippen LogP) is 2.77. The summed E-state index contributed by atoms with van der Waals surface area (Å²) in [5.41, 5.74) is -0.182. The Morgan fingerprint density at radius 1 is 0.929 bits per heavy atom. The summed E-state index contributed by atoms with van der Waals surface area (Å²) in [6.45, 7) is 0. The number of ether oxygens (including phenoxy) is 2. The Labute approximate surface area is 159 Å². The van der Waals surface area contributed by atoms with Gasteiger partial charge < -0.3 is 9.47 Å². The van der Waals surface area contributed by atoms with E-state index in [9.17, 15) is 30.0 Å². The first-order valence-electron chi connectivity index (χ1n) is 7.34. The van der Waals surface area contributed by atoms with Crippen LogP contribution in [0.3, 0.4) is 0 Å². The second kappa shape index (κ2) is 7.75. The van der Waals surface area contributed by atoms with Gasteiger partial charge in [-0.1, -0.05) is 12.1 Å². The molecule has 0 unspecified atom stereocenters. The van der Waals surface area contributed by atoms with Crippen LogP contribution in [0, 0.1) is 0 Å². The summed E-state index contributed by atoms with van der Waals surface area (Å²) in [4.78, 5) is -0.749. The van der Waals surface area contributed by atoms with Crippen LogP contribution in [0.2, 0.25) is 0 Å². The van der Waals surface area contributed by atoms with E-state index in [-0.39, 0.29) is 17.1 Å². The number of alkyl halides is 3. The smallest absolute Gasteiger partial charge is 0.495 e. The van der Waals surface area contributed by atoms with Crippen molar-refractivity contribution < 1.29 is 39.5 Å². The van der Waals surface area contributed by atoms with Crippen molar-refractivity contribution >= 4 is 31.4 Å². The van der Waals surface area contributed by atoms with Gasteiger partial charge in [0.15, 0.2) is 0 Å². The van der Waals surface area contributed by atoms with Crippen molar-refractivity contribution in [2.45, 2.75) is 11.3 Å². The molecule has 0 atom stereocenters. The lowest BCUT2D eigenvalue weighted by Gasteiger charge is -2.16. The van der Waals surface area contributed by atoms with Gasteiger partial charge in [-0.2, -0.15) is 0 Å². The average molecular weight is 440 g/mol. The highest BCUT2D eigenvalue weighted by Crippen LogP contribution is 2.33. The van der Waals surface area contributed by atoms with Crippen LogP contribution in [-0.2, 0) is 20.0 Å². The van der Waals surface area contributed by atoms with Gasteiger partial charge in [-0.3, -0.25) is 9.44 Å². The van der Waals surface area contributed by atoms with Crippen LogP contribution in [0.25, 0.3) is 0 Å². The number of nitrogens with one attached hydrogen (secondary N) is 2. The molecule has 0 heterocycles. The number of anilines is 2. The zero-order chi connectivity index (χ0) is 21.2. The molecular formula is C15H15F3N2O6S2. The second-order valence-corrected chi connectivity index (χ2v) is 8.79. The minimum absolute atomic E-state index is 0.0648. The van der Waals surface area contributed by atoms with Crippen molar-refractivity contribution in [2.75, 3.05) is 22.8 Å². The minimum atomic E-state index is -5.09. The number of rotatable bonds is 7. The highest BCUT2D eigenvalue weighted by Gasteiger charge is 2.34. The summed E-state index contributed by atoms with van der Waals surface area (Å²) >= 11 is 0. The van der Waals surface area contributed by atoms with Crippen LogP contribution in [0.15, 0.2) is 47.4 Å². The molecule has 0 spiro atoms. The summed E-state index contributed by atoms with van der Waals surface area (Å²) in [5.74, 6) is -0.806. The molecule has 0 radical (unpaired) electrons. The molecule has 0 fully saturated rings. The van der Waals surface area contributed by atoms with E-state index in [1.165, 1.54) is 31.4 Å². The van der Waals surface area contributed by atoms with E-state index < -0.39 is 37.1 Å². The number of sulfonamides is 2. The van der Waals surface area contributed by atoms with Crippen LogP contribution in [0.1, 0.15) is 0 Å². The number of halogens is 3. The number of para-hydroxylation sites is 1. The molecule has 0 aliphatic heterocycles. The van der Waals surface area contributed by atoms with Crippen molar-refractivity contribution in [3.8, 4) is 11.5 Å². The highest BCUT2D eigenvalue weighted by molar-refractivity contribution is 7.93. The summed E-state index contributed by atoms with van der Waals surface area (Å²) in [6.07, 6.45) is -4.20. The standard InChI is InChI=1S/C15H15F3N2O6S2/c1-25-12-8-7-10(9-11(12)20-27(2,21)22)19-28(23,24)14-6-4-3-5-13(14)26-15(16,17)18/h3-9,19-20H,1-2H3. The number of hydrogen-bond donors (Lipinski definition) is 2. The molecule has 0 saturated heterocycles. The lowest BCUT2D eigenvalue weighted by atomic mass is 10.2. The maximum atomic E-state index is 12.5. The monoisotopic (exact) mass is 440 g/mol. The summed E-state index contributed by atoms with van der Waals surface area (Å²) < 4.78 is 98.4. The van der Waals surface area contributed by atoms with Gasteiger partial charge >= 0.3 is 6.36 Å². The first kappa shape index (κ1) is 21.6. The third-order valence-electron chi connectivity index (χ3n) is 3.11. The predicted molar refractivity (Wildman–Crippen MR) is 95.4 cm³/mol. The van der Waals surface area contributed by atoms with Crippen LogP contribution in [0.4, 0.5) is 24.5 Å². The first-order valence-corrected chi connectivity index (χ1v) is 10.7. The van der Waals surface area contributed by atoms with Crippen molar-refractivity contribution in [1.29, 1.82) is 0 Å². The molecule has 2 rings (SSSR count). The minimum Gasteiger partial charge on any atom is -0.495 e. The maximum absolute atomic E-state index is 12.5. The molecule has 0 aliphatic rings. The lowest BCUT2D eigenvalue weighted by molar-refractivity contribution is -0.275. The molecule has 13 heteroatoms. The fourth-order valence-electron chi connectivity index (χ4n) is 2.14. The van der Waals surface area contributed by atoms with Gasteiger partial charge in [-0.25, -0.2) is 16.8 Å². The zero-order valence-corrected chi connectivity index (χ0v) is 16.1. The largest absolute Gasteiger partial charge is 0.573 e. The molecule has 2 aromatic carbocycles. The Morgan fingerprint density at radius 3 is 2.14 bits per heavy atom. The van der Waals surface area contributed by atoms with Gasteiger partial charge in [0.1, 0.15) is 16.4 Å². The number of methoxy groups -OCH3 is 1. The second-order valence-electron chi connectivity index (χ2n) is 5.39. The van der Waals surface area contributed by atoms with Crippen LogP contribution in [0.5, 0.6) is 11.5 Å². The third kappa shape index (κ3) is 5.92. The molecular weight excluding hydrogens is 425 g/mol. The number of benzene rings is 2. The SMILES string of the molecule is COc1ccc(NS(=O)(=O)c2ccccc2OC(F)(F)F)cc1NS(C)(=O)=O. The average Bonchev–Trinajstić information content (AvgIpc) is 2.52. The molecule has 154 valence electrons. The Morgan fingerprint density at radius 2 is 1.57 bits per heavy atom. The molecule has 0 aromatic heterocycles. The van der Waals surface area contributed by atoms with Gasteiger partial charge in [0, 0.05) is 0 Å². The quantitative estimate of drug-likeness (QED) is 0.685. The molecule has 0 aliphatic carbocycles. The Kier molecular flexibility index (Phi) is 5.99. The lowest BCUT2D eigenvalue weighted by Crippen LogP contribution is -2.21. The van der Waals surface area contributed by atoms with E-state index in [1.54, 1.807) is 0 Å². The van der Waals surface area contributed by atoms with E-state index in [4.69, 9.17) is 4.74 Å². The van der Waals surface area contributed by atoms with Crippen LogP contribution < -0.4 is 18.9 Å². The Balaban J connectivity index is 2.42. The molecule has 0 amide bonds. The van der Waals surface area contributed by atoms with Gasteiger partial charge in [-0.05, 0) is 30.3 Å².